The molecular formula is C19H28N4O3. The van der Waals surface area contributed by atoms with Crippen LogP contribution in [-0.2, 0) is 20.9 Å². The number of amides is 2. The summed E-state index contributed by atoms with van der Waals surface area (Å²) in [7, 11) is 0. The molecule has 1 atom stereocenters. The molecule has 1 N–H and O–H groups in total. The Kier molecular flexibility index (Phi) is 6.96. The summed E-state index contributed by atoms with van der Waals surface area (Å²) in [5.74, 6) is 0.0573. The highest BCUT2D eigenvalue weighted by molar-refractivity contribution is 5.83. The van der Waals surface area contributed by atoms with Gasteiger partial charge in [-0.1, -0.05) is 6.07 Å². The summed E-state index contributed by atoms with van der Waals surface area (Å²) >= 11 is 0. The van der Waals surface area contributed by atoms with E-state index in [0.29, 0.717) is 25.9 Å². The summed E-state index contributed by atoms with van der Waals surface area (Å²) in [5, 5.41) is 2.95. The number of aromatic nitrogens is 1. The maximum Gasteiger partial charge on any atom is 0.225 e. The van der Waals surface area contributed by atoms with Crippen molar-refractivity contribution in [2.75, 3.05) is 45.9 Å². The summed E-state index contributed by atoms with van der Waals surface area (Å²) in [4.78, 5) is 33.1. The lowest BCUT2D eigenvalue weighted by Gasteiger charge is -2.33. The van der Waals surface area contributed by atoms with E-state index in [1.54, 1.807) is 6.20 Å². The molecule has 0 radical (unpaired) electrons. The highest BCUT2D eigenvalue weighted by Gasteiger charge is 2.29. The van der Waals surface area contributed by atoms with Crippen LogP contribution in [0.2, 0.25) is 0 Å². The molecule has 2 amide bonds. The van der Waals surface area contributed by atoms with E-state index in [1.165, 1.54) is 0 Å². The first kappa shape index (κ1) is 18.8. The molecule has 7 nitrogen and oxygen atoms in total. The van der Waals surface area contributed by atoms with Gasteiger partial charge < -0.3 is 15.0 Å². The molecule has 3 heterocycles. The second-order valence-corrected chi connectivity index (χ2v) is 6.92. The van der Waals surface area contributed by atoms with Crippen molar-refractivity contribution in [3.63, 3.8) is 0 Å². The molecule has 1 unspecified atom stereocenters. The van der Waals surface area contributed by atoms with Gasteiger partial charge in [0.2, 0.25) is 11.8 Å². The number of ether oxygens (including phenoxy) is 1. The molecule has 2 aliphatic rings. The van der Waals surface area contributed by atoms with Crippen LogP contribution in [0.25, 0.3) is 0 Å². The second-order valence-electron chi connectivity index (χ2n) is 6.92. The number of pyridine rings is 1. The van der Waals surface area contributed by atoms with Gasteiger partial charge in [-0.25, -0.2) is 0 Å². The third-order valence-electron chi connectivity index (χ3n) is 5.05. The van der Waals surface area contributed by atoms with Crippen LogP contribution >= 0.6 is 0 Å². The Morgan fingerprint density at radius 3 is 2.88 bits per heavy atom. The minimum absolute atomic E-state index is 0.0151. The lowest BCUT2D eigenvalue weighted by atomic mass is 9.96. The van der Waals surface area contributed by atoms with Gasteiger partial charge in [0, 0.05) is 45.3 Å². The van der Waals surface area contributed by atoms with Gasteiger partial charge in [0.25, 0.3) is 0 Å². The number of nitrogens with one attached hydrogen (secondary N) is 1. The molecule has 1 aromatic rings. The van der Waals surface area contributed by atoms with Crippen molar-refractivity contribution < 1.29 is 14.3 Å². The van der Waals surface area contributed by atoms with Crippen LogP contribution in [0.3, 0.4) is 0 Å². The molecule has 2 saturated heterocycles. The van der Waals surface area contributed by atoms with Gasteiger partial charge in [0.1, 0.15) is 0 Å². The molecule has 26 heavy (non-hydrogen) atoms. The smallest absolute Gasteiger partial charge is 0.225 e. The predicted octanol–water partition coefficient (Wildman–Crippen LogP) is 0.659. The van der Waals surface area contributed by atoms with Gasteiger partial charge in [0.05, 0.1) is 31.4 Å². The number of morpholine rings is 1. The van der Waals surface area contributed by atoms with E-state index in [9.17, 15) is 9.59 Å². The van der Waals surface area contributed by atoms with Crippen molar-refractivity contribution in [2.24, 2.45) is 5.92 Å². The Labute approximate surface area is 154 Å². The third kappa shape index (κ3) is 5.51. The first-order valence-electron chi connectivity index (χ1n) is 9.48. The van der Waals surface area contributed by atoms with Crippen LogP contribution in [0, 0.1) is 5.92 Å². The van der Waals surface area contributed by atoms with E-state index in [1.807, 2.05) is 23.1 Å². The van der Waals surface area contributed by atoms with Gasteiger partial charge in [-0.05, 0) is 25.0 Å². The molecule has 1 aromatic heterocycles. The van der Waals surface area contributed by atoms with Crippen LogP contribution in [0.15, 0.2) is 24.4 Å². The van der Waals surface area contributed by atoms with Gasteiger partial charge in [0.15, 0.2) is 0 Å². The molecule has 0 spiro atoms. The zero-order chi connectivity index (χ0) is 18.2. The van der Waals surface area contributed by atoms with Crippen LogP contribution in [-0.4, -0.2) is 72.5 Å². The van der Waals surface area contributed by atoms with Crippen LogP contribution < -0.4 is 5.32 Å². The average molecular weight is 360 g/mol. The fourth-order valence-corrected chi connectivity index (χ4v) is 3.48. The highest BCUT2D eigenvalue weighted by atomic mass is 16.5. The predicted molar refractivity (Wildman–Crippen MR) is 97.3 cm³/mol. The zero-order valence-electron chi connectivity index (χ0n) is 15.2. The molecular weight excluding hydrogens is 332 g/mol. The van der Waals surface area contributed by atoms with Gasteiger partial charge in [-0.3, -0.25) is 19.5 Å². The van der Waals surface area contributed by atoms with Crippen molar-refractivity contribution in [1.29, 1.82) is 0 Å². The maximum absolute atomic E-state index is 12.4. The fourth-order valence-electron chi connectivity index (χ4n) is 3.48. The van der Waals surface area contributed by atoms with E-state index >= 15 is 0 Å². The molecule has 3 rings (SSSR count). The van der Waals surface area contributed by atoms with Crippen molar-refractivity contribution >= 4 is 11.8 Å². The van der Waals surface area contributed by atoms with Crippen LogP contribution in [0.4, 0.5) is 0 Å². The summed E-state index contributed by atoms with van der Waals surface area (Å²) < 4.78 is 5.35. The molecule has 7 heteroatoms. The van der Waals surface area contributed by atoms with Crippen molar-refractivity contribution in [1.82, 2.24) is 20.1 Å². The normalized spacial score (nSPS) is 21.6. The summed E-state index contributed by atoms with van der Waals surface area (Å²) in [5.41, 5.74) is 0.843. The Balaban J connectivity index is 1.41. The first-order valence-corrected chi connectivity index (χ1v) is 9.48. The molecule has 0 bridgehead atoms. The SMILES string of the molecule is O=C(NCc1ccccn1)C1CCC(=O)N(CCCN2CCOCC2)C1. The lowest BCUT2D eigenvalue weighted by molar-refractivity contribution is -0.138. The number of rotatable bonds is 7. The molecule has 2 aliphatic heterocycles. The van der Waals surface area contributed by atoms with Crippen LogP contribution in [0.5, 0.6) is 0 Å². The number of nitrogens with zero attached hydrogens (tertiary/aromatic N) is 3. The highest BCUT2D eigenvalue weighted by Crippen LogP contribution is 2.18. The maximum atomic E-state index is 12.4. The van der Waals surface area contributed by atoms with E-state index in [2.05, 4.69) is 15.2 Å². The summed E-state index contributed by atoms with van der Waals surface area (Å²) in [6.07, 6.45) is 3.75. The number of hydrogen-bond donors (Lipinski definition) is 1. The Morgan fingerprint density at radius 1 is 1.27 bits per heavy atom. The standard InChI is InChI=1S/C19H28N4O3/c24-18-6-5-16(19(25)21-14-17-4-1-2-7-20-17)15-23(18)9-3-8-22-10-12-26-13-11-22/h1-2,4,7,16H,3,5-6,8-15H2,(H,21,25). The van der Waals surface area contributed by atoms with Crippen molar-refractivity contribution in [3.05, 3.63) is 30.1 Å². The number of piperidine rings is 1. The molecule has 0 saturated carbocycles. The number of likely N-dealkylation sites (tertiary alicyclic amines) is 1. The fraction of sp³-hybridized carbons (Fsp3) is 0.632. The topological polar surface area (TPSA) is 74.8 Å². The van der Waals surface area contributed by atoms with E-state index in [0.717, 1.165) is 51.5 Å². The largest absolute Gasteiger partial charge is 0.379 e. The molecule has 0 aromatic carbocycles. The van der Waals surface area contributed by atoms with E-state index in [-0.39, 0.29) is 17.7 Å². The molecule has 0 aliphatic carbocycles. The van der Waals surface area contributed by atoms with Gasteiger partial charge in [-0.2, -0.15) is 0 Å². The first-order chi connectivity index (χ1) is 12.7. The Bertz CT molecular complexity index is 590. The number of carbonyl (C=O) groups is 2. The van der Waals surface area contributed by atoms with Crippen molar-refractivity contribution in [2.45, 2.75) is 25.8 Å². The summed E-state index contributed by atoms with van der Waals surface area (Å²) in [6, 6.07) is 5.65. The van der Waals surface area contributed by atoms with Gasteiger partial charge in [-0.15, -0.1) is 0 Å². The Morgan fingerprint density at radius 2 is 2.12 bits per heavy atom. The summed E-state index contributed by atoms with van der Waals surface area (Å²) in [6.45, 7) is 6.17. The monoisotopic (exact) mass is 360 g/mol. The number of hydrogen-bond acceptors (Lipinski definition) is 5. The quantitative estimate of drug-likeness (QED) is 0.773. The second kappa shape index (κ2) is 9.64. The molecule has 2 fully saturated rings. The Hall–Kier alpha value is -1.99. The average Bonchev–Trinajstić information content (AvgIpc) is 2.69. The molecule has 142 valence electrons. The van der Waals surface area contributed by atoms with Crippen molar-refractivity contribution in [3.8, 4) is 0 Å². The van der Waals surface area contributed by atoms with E-state index in [4.69, 9.17) is 4.74 Å². The number of carbonyl (C=O) groups excluding carboxylic acids is 2. The van der Waals surface area contributed by atoms with E-state index < -0.39 is 0 Å². The zero-order valence-corrected chi connectivity index (χ0v) is 15.2. The van der Waals surface area contributed by atoms with Gasteiger partial charge >= 0.3 is 0 Å². The lowest BCUT2D eigenvalue weighted by Crippen LogP contribution is -2.46. The third-order valence-corrected chi connectivity index (χ3v) is 5.05. The van der Waals surface area contributed by atoms with Crippen LogP contribution in [0.1, 0.15) is 25.0 Å². The minimum atomic E-state index is -0.125. The minimum Gasteiger partial charge on any atom is -0.379 e.